The van der Waals surface area contributed by atoms with Crippen LogP contribution in [0.3, 0.4) is 0 Å². The summed E-state index contributed by atoms with van der Waals surface area (Å²) in [6, 6.07) is 14.0. The molecule has 0 fully saturated rings. The molecule has 0 bridgehead atoms. The Hall–Kier alpha value is -2.26. The zero-order chi connectivity index (χ0) is 14.2. The van der Waals surface area contributed by atoms with Crippen molar-refractivity contribution in [3.63, 3.8) is 0 Å². The summed E-state index contributed by atoms with van der Waals surface area (Å²) in [5.74, 6) is 0.0759. The van der Waals surface area contributed by atoms with E-state index in [4.69, 9.17) is 0 Å². The molecule has 3 aromatic rings. The lowest BCUT2D eigenvalue weighted by molar-refractivity contribution is 0.144. The van der Waals surface area contributed by atoms with Gasteiger partial charge < -0.3 is 5.11 Å². The van der Waals surface area contributed by atoms with Crippen molar-refractivity contribution in [2.75, 3.05) is 0 Å². The van der Waals surface area contributed by atoms with Gasteiger partial charge in [-0.15, -0.1) is 0 Å². The Kier molecular flexibility index (Phi) is 2.93. The minimum atomic E-state index is -0.533. The van der Waals surface area contributed by atoms with Crippen molar-refractivity contribution in [3.05, 3.63) is 71.7 Å². The number of aliphatic hydroxyl groups excluding tert-OH is 1. The number of rotatable bonds is 2. The minimum Gasteiger partial charge on any atom is -0.388 e. The molecule has 2 atom stereocenters. The summed E-state index contributed by atoms with van der Waals surface area (Å²) in [7, 11) is 0. The van der Waals surface area contributed by atoms with E-state index in [9.17, 15) is 5.11 Å². The number of pyridine rings is 2. The van der Waals surface area contributed by atoms with Gasteiger partial charge in [0.05, 0.1) is 11.6 Å². The molecule has 1 aliphatic rings. The van der Waals surface area contributed by atoms with Crippen LogP contribution in [0.25, 0.3) is 10.9 Å². The van der Waals surface area contributed by atoms with Gasteiger partial charge in [0.25, 0.3) is 0 Å². The minimum absolute atomic E-state index is 0.0759. The number of para-hydroxylation sites is 1. The predicted molar refractivity (Wildman–Crippen MR) is 82.0 cm³/mol. The number of hydrogen-bond donors (Lipinski definition) is 1. The lowest BCUT2D eigenvalue weighted by Gasteiger charge is -2.20. The third-order valence-electron chi connectivity index (χ3n) is 4.38. The molecular weight excluding hydrogens is 260 g/mol. The first-order chi connectivity index (χ1) is 10.3. The Labute approximate surface area is 123 Å². The molecule has 0 saturated heterocycles. The van der Waals surface area contributed by atoms with Crippen molar-refractivity contribution in [2.45, 2.75) is 24.9 Å². The Morgan fingerprint density at radius 1 is 1.00 bits per heavy atom. The van der Waals surface area contributed by atoms with Crippen LogP contribution in [0.2, 0.25) is 0 Å². The maximum absolute atomic E-state index is 10.9. The number of benzene rings is 1. The highest BCUT2D eigenvalue weighted by Gasteiger charge is 2.31. The van der Waals surface area contributed by atoms with E-state index in [2.05, 4.69) is 16.0 Å². The third kappa shape index (κ3) is 2.01. The first kappa shape index (κ1) is 12.5. The second-order valence-corrected chi connectivity index (χ2v) is 5.56. The Bertz CT molecular complexity index is 795. The number of fused-ring (bicyclic) bond motifs is 2. The highest BCUT2D eigenvalue weighted by Crippen LogP contribution is 2.41. The average Bonchev–Trinajstić information content (AvgIpc) is 2.98. The average molecular weight is 276 g/mol. The topological polar surface area (TPSA) is 46.0 Å². The van der Waals surface area contributed by atoms with Crippen LogP contribution in [-0.2, 0) is 6.42 Å². The van der Waals surface area contributed by atoms with Gasteiger partial charge in [-0.3, -0.25) is 9.97 Å². The van der Waals surface area contributed by atoms with Crippen LogP contribution in [0.4, 0.5) is 0 Å². The van der Waals surface area contributed by atoms with Crippen LogP contribution in [0.15, 0.2) is 54.9 Å². The van der Waals surface area contributed by atoms with Gasteiger partial charge in [0.1, 0.15) is 0 Å². The zero-order valence-electron chi connectivity index (χ0n) is 11.6. The van der Waals surface area contributed by atoms with Gasteiger partial charge in [-0.25, -0.2) is 0 Å². The van der Waals surface area contributed by atoms with Crippen molar-refractivity contribution >= 4 is 10.9 Å². The molecule has 104 valence electrons. The Morgan fingerprint density at radius 2 is 1.90 bits per heavy atom. The molecule has 3 heteroatoms. The van der Waals surface area contributed by atoms with Gasteiger partial charge in [0.2, 0.25) is 0 Å². The molecule has 2 unspecified atom stereocenters. The SMILES string of the molecule is OC(c1ccnc2ccccc12)C1CCc2cccnc21. The third-order valence-corrected chi connectivity index (χ3v) is 4.38. The Balaban J connectivity index is 1.80. The summed E-state index contributed by atoms with van der Waals surface area (Å²) in [6.45, 7) is 0. The van der Waals surface area contributed by atoms with Crippen LogP contribution in [-0.4, -0.2) is 15.1 Å². The van der Waals surface area contributed by atoms with E-state index in [1.807, 2.05) is 42.6 Å². The normalized spacial score (nSPS) is 18.6. The molecular formula is C18H16N2O. The van der Waals surface area contributed by atoms with E-state index >= 15 is 0 Å². The van der Waals surface area contributed by atoms with Crippen LogP contribution in [0.5, 0.6) is 0 Å². The summed E-state index contributed by atoms with van der Waals surface area (Å²) in [4.78, 5) is 8.86. The van der Waals surface area contributed by atoms with Gasteiger partial charge in [-0.2, -0.15) is 0 Å². The highest BCUT2D eigenvalue weighted by atomic mass is 16.3. The molecule has 0 aliphatic heterocycles. The second-order valence-electron chi connectivity index (χ2n) is 5.56. The van der Waals surface area contributed by atoms with Crippen LogP contribution < -0.4 is 0 Å². The number of aliphatic hydroxyl groups is 1. The standard InChI is InChI=1S/C18H16N2O/c21-18(15-8-7-12-4-3-10-20-17(12)15)14-9-11-19-16-6-2-1-5-13(14)16/h1-6,9-11,15,18,21H,7-8H2. The maximum atomic E-state index is 10.9. The summed E-state index contributed by atoms with van der Waals surface area (Å²) >= 11 is 0. The van der Waals surface area contributed by atoms with Crippen LogP contribution in [0, 0.1) is 0 Å². The van der Waals surface area contributed by atoms with Crippen molar-refractivity contribution in [1.82, 2.24) is 9.97 Å². The summed E-state index contributed by atoms with van der Waals surface area (Å²) in [6.07, 6.45) is 5.00. The molecule has 4 rings (SSSR count). The number of aryl methyl sites for hydroxylation is 1. The molecule has 1 aromatic carbocycles. The van der Waals surface area contributed by atoms with Gasteiger partial charge in [0.15, 0.2) is 0 Å². The second kappa shape index (κ2) is 4.93. The molecule has 2 aromatic heterocycles. The van der Waals surface area contributed by atoms with E-state index in [0.29, 0.717) is 0 Å². The van der Waals surface area contributed by atoms with E-state index in [0.717, 1.165) is 35.0 Å². The van der Waals surface area contributed by atoms with Gasteiger partial charge >= 0.3 is 0 Å². The predicted octanol–water partition coefficient (Wildman–Crippen LogP) is 3.39. The smallest absolute Gasteiger partial charge is 0.0880 e. The van der Waals surface area contributed by atoms with Crippen molar-refractivity contribution in [3.8, 4) is 0 Å². The molecule has 0 saturated carbocycles. The van der Waals surface area contributed by atoms with Crippen LogP contribution >= 0.6 is 0 Å². The molecule has 2 heterocycles. The lowest BCUT2D eigenvalue weighted by atomic mass is 9.91. The number of aromatic nitrogens is 2. The van der Waals surface area contributed by atoms with Gasteiger partial charge in [0, 0.05) is 29.4 Å². The molecule has 0 radical (unpaired) electrons. The van der Waals surface area contributed by atoms with Crippen LogP contribution in [0.1, 0.15) is 35.3 Å². The first-order valence-electron chi connectivity index (χ1n) is 7.30. The summed E-state index contributed by atoms with van der Waals surface area (Å²) in [5, 5.41) is 11.9. The maximum Gasteiger partial charge on any atom is 0.0880 e. The van der Waals surface area contributed by atoms with Crippen molar-refractivity contribution in [2.24, 2.45) is 0 Å². The fraction of sp³-hybridized carbons (Fsp3) is 0.222. The molecule has 21 heavy (non-hydrogen) atoms. The highest BCUT2D eigenvalue weighted by molar-refractivity contribution is 5.82. The summed E-state index contributed by atoms with van der Waals surface area (Å²) < 4.78 is 0. The lowest BCUT2D eigenvalue weighted by Crippen LogP contribution is -2.10. The quantitative estimate of drug-likeness (QED) is 0.780. The molecule has 0 amide bonds. The molecule has 3 nitrogen and oxygen atoms in total. The van der Waals surface area contributed by atoms with Crippen molar-refractivity contribution in [1.29, 1.82) is 0 Å². The largest absolute Gasteiger partial charge is 0.388 e. The van der Waals surface area contributed by atoms with E-state index in [1.165, 1.54) is 5.56 Å². The Morgan fingerprint density at radius 3 is 2.86 bits per heavy atom. The van der Waals surface area contributed by atoms with E-state index in [-0.39, 0.29) is 5.92 Å². The molecule has 1 aliphatic carbocycles. The fourth-order valence-electron chi connectivity index (χ4n) is 3.34. The van der Waals surface area contributed by atoms with Gasteiger partial charge in [-0.05, 0) is 42.2 Å². The zero-order valence-corrected chi connectivity index (χ0v) is 11.6. The fourth-order valence-corrected chi connectivity index (χ4v) is 3.34. The number of nitrogens with zero attached hydrogens (tertiary/aromatic N) is 2. The molecule has 1 N–H and O–H groups in total. The summed E-state index contributed by atoms with van der Waals surface area (Å²) in [5.41, 5.74) is 4.18. The number of hydrogen-bond acceptors (Lipinski definition) is 3. The molecule has 0 spiro atoms. The first-order valence-corrected chi connectivity index (χ1v) is 7.30. The van der Waals surface area contributed by atoms with E-state index in [1.54, 1.807) is 6.20 Å². The monoisotopic (exact) mass is 276 g/mol. The van der Waals surface area contributed by atoms with Crippen molar-refractivity contribution < 1.29 is 5.11 Å². The van der Waals surface area contributed by atoms with Gasteiger partial charge in [-0.1, -0.05) is 24.3 Å². The van der Waals surface area contributed by atoms with E-state index < -0.39 is 6.10 Å².